The summed E-state index contributed by atoms with van der Waals surface area (Å²) in [5.74, 6) is -0.599. The van der Waals surface area contributed by atoms with Gasteiger partial charge < -0.3 is 10.8 Å². The molecule has 0 heterocycles. The summed E-state index contributed by atoms with van der Waals surface area (Å²) in [6, 6.07) is 5.26. The number of benzene rings is 1. The van der Waals surface area contributed by atoms with Crippen LogP contribution in [0.5, 0.6) is 0 Å². The van der Waals surface area contributed by atoms with E-state index in [1.54, 1.807) is 18.2 Å². The number of carboxylic acids is 1. The Balaban J connectivity index is 2.34. The van der Waals surface area contributed by atoms with Crippen LogP contribution in [0.3, 0.4) is 0 Å². The quantitative estimate of drug-likeness (QED) is 0.826. The number of para-hydroxylation sites is 1. The van der Waals surface area contributed by atoms with Crippen molar-refractivity contribution in [1.82, 2.24) is 0 Å². The highest BCUT2D eigenvalue weighted by Gasteiger charge is 2.34. The lowest BCUT2D eigenvalue weighted by Crippen LogP contribution is -2.26. The molecule has 2 rings (SSSR count). The molecule has 1 aliphatic rings. The molecule has 3 N–H and O–H groups in total. The molecule has 0 saturated heterocycles. The molecule has 0 aromatic heterocycles. The van der Waals surface area contributed by atoms with Crippen LogP contribution in [-0.4, -0.2) is 11.1 Å². The van der Waals surface area contributed by atoms with E-state index in [0.717, 1.165) is 19.3 Å². The first-order valence-corrected chi connectivity index (χ1v) is 7.15. The SMILES string of the molecule is CC1CCCC(C(C(=O)O)c2cccc(Cl)c2N)C1. The fourth-order valence-electron chi connectivity index (χ4n) is 3.20. The summed E-state index contributed by atoms with van der Waals surface area (Å²) in [5.41, 5.74) is 7.05. The van der Waals surface area contributed by atoms with Crippen LogP contribution in [0.15, 0.2) is 18.2 Å². The van der Waals surface area contributed by atoms with Gasteiger partial charge in [-0.3, -0.25) is 4.79 Å². The minimum atomic E-state index is -0.798. The van der Waals surface area contributed by atoms with Crippen LogP contribution in [0.4, 0.5) is 5.69 Å². The van der Waals surface area contributed by atoms with Crippen LogP contribution in [0.1, 0.15) is 44.1 Å². The number of nitrogen functional groups attached to an aromatic ring is 1. The number of nitrogens with two attached hydrogens (primary N) is 1. The maximum atomic E-state index is 11.7. The molecule has 0 amide bonds. The van der Waals surface area contributed by atoms with Gasteiger partial charge >= 0.3 is 5.97 Å². The van der Waals surface area contributed by atoms with Crippen molar-refractivity contribution in [3.05, 3.63) is 28.8 Å². The standard InChI is InChI=1S/C15H20ClNO2/c1-9-4-2-5-10(8-9)13(15(18)19)11-6-3-7-12(16)14(11)17/h3,6-7,9-10,13H,2,4-5,8,17H2,1H3,(H,18,19). The molecule has 0 radical (unpaired) electrons. The molecule has 3 atom stereocenters. The number of anilines is 1. The van der Waals surface area contributed by atoms with Gasteiger partial charge in [0, 0.05) is 0 Å². The van der Waals surface area contributed by atoms with E-state index < -0.39 is 11.9 Å². The smallest absolute Gasteiger partial charge is 0.311 e. The van der Waals surface area contributed by atoms with Crippen molar-refractivity contribution >= 4 is 23.3 Å². The molecule has 3 unspecified atom stereocenters. The third-order valence-electron chi connectivity index (χ3n) is 4.14. The predicted molar refractivity (Wildman–Crippen MR) is 77.4 cm³/mol. The van der Waals surface area contributed by atoms with Gasteiger partial charge in [-0.2, -0.15) is 0 Å². The Kier molecular flexibility index (Phi) is 4.35. The Morgan fingerprint density at radius 1 is 1.47 bits per heavy atom. The van der Waals surface area contributed by atoms with Crippen molar-refractivity contribution in [3.63, 3.8) is 0 Å². The zero-order valence-corrected chi connectivity index (χ0v) is 11.9. The molecular weight excluding hydrogens is 262 g/mol. The van der Waals surface area contributed by atoms with Crippen molar-refractivity contribution in [2.45, 2.75) is 38.5 Å². The summed E-state index contributed by atoms with van der Waals surface area (Å²) in [4.78, 5) is 11.7. The van der Waals surface area contributed by atoms with Crippen molar-refractivity contribution in [1.29, 1.82) is 0 Å². The van der Waals surface area contributed by atoms with E-state index in [2.05, 4.69) is 6.92 Å². The van der Waals surface area contributed by atoms with Crippen molar-refractivity contribution in [2.24, 2.45) is 11.8 Å². The van der Waals surface area contributed by atoms with E-state index in [0.29, 0.717) is 22.2 Å². The van der Waals surface area contributed by atoms with Gasteiger partial charge in [0.25, 0.3) is 0 Å². The first-order valence-electron chi connectivity index (χ1n) is 6.77. The Bertz CT molecular complexity index is 475. The summed E-state index contributed by atoms with van der Waals surface area (Å²) in [6.45, 7) is 2.19. The van der Waals surface area contributed by atoms with E-state index in [9.17, 15) is 9.90 Å². The molecule has 19 heavy (non-hydrogen) atoms. The second-order valence-corrected chi connectivity index (χ2v) is 6.00. The van der Waals surface area contributed by atoms with Gasteiger partial charge in [-0.25, -0.2) is 0 Å². The van der Waals surface area contributed by atoms with Crippen LogP contribution in [0, 0.1) is 11.8 Å². The van der Waals surface area contributed by atoms with Crippen molar-refractivity contribution < 1.29 is 9.90 Å². The van der Waals surface area contributed by atoms with E-state index in [1.807, 2.05) is 0 Å². The van der Waals surface area contributed by atoms with Gasteiger partial charge in [-0.1, -0.05) is 43.5 Å². The minimum absolute atomic E-state index is 0.155. The summed E-state index contributed by atoms with van der Waals surface area (Å²) in [7, 11) is 0. The third-order valence-corrected chi connectivity index (χ3v) is 4.47. The number of carboxylic acid groups (broad SMARTS) is 1. The van der Waals surface area contributed by atoms with Gasteiger partial charge in [-0.15, -0.1) is 0 Å². The van der Waals surface area contributed by atoms with E-state index in [1.165, 1.54) is 6.42 Å². The maximum absolute atomic E-state index is 11.7. The molecule has 1 aromatic carbocycles. The average Bonchev–Trinajstić information content (AvgIpc) is 2.34. The fraction of sp³-hybridized carbons (Fsp3) is 0.533. The van der Waals surface area contributed by atoms with Gasteiger partial charge in [-0.05, 0) is 36.3 Å². The lowest BCUT2D eigenvalue weighted by molar-refractivity contribution is -0.140. The Labute approximate surface area is 118 Å². The first-order chi connectivity index (χ1) is 9.00. The van der Waals surface area contributed by atoms with Crippen LogP contribution >= 0.6 is 11.6 Å². The molecular formula is C15H20ClNO2. The van der Waals surface area contributed by atoms with E-state index in [4.69, 9.17) is 17.3 Å². The highest BCUT2D eigenvalue weighted by molar-refractivity contribution is 6.33. The molecule has 4 heteroatoms. The molecule has 3 nitrogen and oxygen atoms in total. The van der Waals surface area contributed by atoms with E-state index >= 15 is 0 Å². The molecule has 1 fully saturated rings. The largest absolute Gasteiger partial charge is 0.481 e. The highest BCUT2D eigenvalue weighted by atomic mass is 35.5. The zero-order chi connectivity index (χ0) is 14.0. The van der Waals surface area contributed by atoms with Crippen LogP contribution in [-0.2, 0) is 4.79 Å². The van der Waals surface area contributed by atoms with Crippen LogP contribution < -0.4 is 5.73 Å². The number of hydrogen-bond donors (Lipinski definition) is 2. The monoisotopic (exact) mass is 281 g/mol. The summed E-state index contributed by atoms with van der Waals surface area (Å²) >= 11 is 6.01. The molecule has 1 aromatic rings. The van der Waals surface area contributed by atoms with Gasteiger partial charge in [0.1, 0.15) is 0 Å². The first kappa shape index (κ1) is 14.2. The molecule has 104 valence electrons. The number of aliphatic carboxylic acids is 1. The second-order valence-electron chi connectivity index (χ2n) is 5.59. The Morgan fingerprint density at radius 3 is 2.84 bits per heavy atom. The lowest BCUT2D eigenvalue weighted by atomic mass is 9.73. The number of halogens is 1. The molecule has 0 spiro atoms. The van der Waals surface area contributed by atoms with Crippen molar-refractivity contribution in [3.8, 4) is 0 Å². The van der Waals surface area contributed by atoms with Crippen LogP contribution in [0.2, 0.25) is 5.02 Å². The van der Waals surface area contributed by atoms with Gasteiger partial charge in [0.2, 0.25) is 0 Å². The average molecular weight is 282 g/mol. The summed E-state index contributed by atoms with van der Waals surface area (Å²) < 4.78 is 0. The Hall–Kier alpha value is -1.22. The predicted octanol–water partition coefficient (Wildman–Crippen LogP) is 3.92. The summed E-state index contributed by atoms with van der Waals surface area (Å²) in [6.07, 6.45) is 4.18. The zero-order valence-electron chi connectivity index (χ0n) is 11.1. The fourth-order valence-corrected chi connectivity index (χ4v) is 3.38. The maximum Gasteiger partial charge on any atom is 0.311 e. The minimum Gasteiger partial charge on any atom is -0.481 e. The highest BCUT2D eigenvalue weighted by Crippen LogP contribution is 2.41. The molecule has 0 aliphatic heterocycles. The number of carbonyl (C=O) groups is 1. The Morgan fingerprint density at radius 2 is 2.21 bits per heavy atom. The summed E-state index contributed by atoms with van der Waals surface area (Å²) in [5, 5.41) is 10.0. The van der Waals surface area contributed by atoms with Gasteiger partial charge in [0.15, 0.2) is 0 Å². The van der Waals surface area contributed by atoms with E-state index in [-0.39, 0.29) is 5.92 Å². The molecule has 1 aliphatic carbocycles. The number of hydrogen-bond acceptors (Lipinski definition) is 2. The normalized spacial score (nSPS) is 24.9. The van der Waals surface area contributed by atoms with Gasteiger partial charge in [0.05, 0.1) is 16.6 Å². The van der Waals surface area contributed by atoms with Crippen LogP contribution in [0.25, 0.3) is 0 Å². The third kappa shape index (κ3) is 3.03. The lowest BCUT2D eigenvalue weighted by Gasteiger charge is -2.32. The molecule has 0 bridgehead atoms. The van der Waals surface area contributed by atoms with Crippen molar-refractivity contribution in [2.75, 3.05) is 5.73 Å². The topological polar surface area (TPSA) is 63.3 Å². The number of rotatable bonds is 3. The molecule has 1 saturated carbocycles. The second kappa shape index (κ2) is 5.83.